The highest BCUT2D eigenvalue weighted by atomic mass is 35.5. The van der Waals surface area contributed by atoms with Crippen molar-refractivity contribution < 1.29 is 9.59 Å². The molecular weight excluding hydrogens is 487 g/mol. The molecule has 0 fully saturated rings. The smallest absolute Gasteiger partial charge is 0.242 e. The maximum absolute atomic E-state index is 13.2. The number of benzene rings is 2. The number of unbranched alkanes of at least 4 members (excludes halogenated alkanes) is 1. The minimum absolute atomic E-state index is 0.0967. The molecule has 0 aromatic heterocycles. The molecule has 2 rings (SSSR count). The molecule has 2 amide bonds. The molecule has 0 radical (unpaired) electrons. The number of halogens is 3. The third-order valence-corrected chi connectivity index (χ3v) is 6.90. The summed E-state index contributed by atoms with van der Waals surface area (Å²) < 4.78 is 0. The van der Waals surface area contributed by atoms with E-state index in [2.05, 4.69) is 12.2 Å². The maximum atomic E-state index is 13.2. The molecule has 0 heterocycles. The molecule has 0 saturated carbocycles. The summed E-state index contributed by atoms with van der Waals surface area (Å²) >= 11 is 19.8. The number of rotatable bonds is 12. The van der Waals surface area contributed by atoms with Gasteiger partial charge in [-0.3, -0.25) is 9.59 Å². The second kappa shape index (κ2) is 14.0. The van der Waals surface area contributed by atoms with Crippen LogP contribution in [-0.4, -0.2) is 35.1 Å². The van der Waals surface area contributed by atoms with E-state index >= 15 is 0 Å². The van der Waals surface area contributed by atoms with Crippen LogP contribution in [0.4, 0.5) is 0 Å². The fraction of sp³-hybridized carbons (Fsp3) is 0.417. The zero-order valence-electron chi connectivity index (χ0n) is 18.4. The predicted octanol–water partition coefficient (Wildman–Crippen LogP) is 6.60. The van der Waals surface area contributed by atoms with E-state index in [1.807, 2.05) is 37.3 Å². The Morgan fingerprint density at radius 1 is 1.03 bits per heavy atom. The van der Waals surface area contributed by atoms with Crippen LogP contribution in [0.3, 0.4) is 0 Å². The van der Waals surface area contributed by atoms with E-state index in [-0.39, 0.29) is 24.1 Å². The third kappa shape index (κ3) is 8.51. The number of hydrogen-bond acceptors (Lipinski definition) is 3. The van der Waals surface area contributed by atoms with Gasteiger partial charge in [-0.15, -0.1) is 11.8 Å². The fourth-order valence-corrected chi connectivity index (χ4v) is 4.62. The van der Waals surface area contributed by atoms with Crippen LogP contribution < -0.4 is 5.32 Å². The number of hydrogen-bond donors (Lipinski definition) is 1. The zero-order chi connectivity index (χ0) is 23.5. The molecule has 1 N–H and O–H groups in total. The number of amides is 2. The van der Waals surface area contributed by atoms with Gasteiger partial charge in [0.2, 0.25) is 11.8 Å². The Morgan fingerprint density at radius 3 is 2.47 bits per heavy atom. The van der Waals surface area contributed by atoms with E-state index in [9.17, 15) is 9.59 Å². The second-order valence-corrected chi connectivity index (χ2v) is 9.70. The summed E-state index contributed by atoms with van der Waals surface area (Å²) in [7, 11) is 0. The minimum Gasteiger partial charge on any atom is -0.354 e. The first kappa shape index (κ1) is 26.8. The van der Waals surface area contributed by atoms with Crippen LogP contribution in [0.15, 0.2) is 42.5 Å². The topological polar surface area (TPSA) is 49.4 Å². The normalized spacial score (nSPS) is 11.8. The van der Waals surface area contributed by atoms with Crippen LogP contribution in [0.25, 0.3) is 0 Å². The van der Waals surface area contributed by atoms with Crippen molar-refractivity contribution in [1.82, 2.24) is 10.2 Å². The van der Waals surface area contributed by atoms with Gasteiger partial charge in [-0.05, 0) is 48.2 Å². The van der Waals surface area contributed by atoms with E-state index in [1.54, 1.807) is 17.0 Å². The third-order valence-electron chi connectivity index (χ3n) is 4.94. The SMILES string of the molecule is CCCCNC(=O)C(CC)N(Cc1ccc(Cl)c(Cl)c1)C(=O)CSCc1cccc(Cl)c1. The van der Waals surface area contributed by atoms with E-state index in [0.717, 1.165) is 24.0 Å². The number of carbonyl (C=O) groups is 2. The lowest BCUT2D eigenvalue weighted by atomic mass is 10.1. The van der Waals surface area contributed by atoms with Crippen LogP contribution in [0, 0.1) is 0 Å². The highest BCUT2D eigenvalue weighted by Gasteiger charge is 2.28. The summed E-state index contributed by atoms with van der Waals surface area (Å²) in [6, 6.07) is 12.3. The standard InChI is InChI=1S/C24H29Cl3N2O2S/c1-3-5-11-28-24(31)22(4-2)29(14-17-9-10-20(26)21(27)13-17)23(30)16-32-15-18-7-6-8-19(25)12-18/h6-10,12-13,22H,3-5,11,14-16H2,1-2H3,(H,28,31). The molecular formula is C24H29Cl3N2O2S. The van der Waals surface area contributed by atoms with Gasteiger partial charge in [0.15, 0.2) is 0 Å². The number of nitrogens with one attached hydrogen (secondary N) is 1. The lowest BCUT2D eigenvalue weighted by Crippen LogP contribution is -2.49. The maximum Gasteiger partial charge on any atom is 0.242 e. The summed E-state index contributed by atoms with van der Waals surface area (Å²) in [4.78, 5) is 27.7. The molecule has 1 unspecified atom stereocenters. The fourth-order valence-electron chi connectivity index (χ4n) is 3.23. The molecule has 0 aliphatic heterocycles. The van der Waals surface area contributed by atoms with E-state index in [1.165, 1.54) is 11.8 Å². The van der Waals surface area contributed by atoms with E-state index in [0.29, 0.717) is 33.8 Å². The quantitative estimate of drug-likeness (QED) is 0.324. The van der Waals surface area contributed by atoms with Crippen LogP contribution in [0.1, 0.15) is 44.2 Å². The molecule has 0 saturated heterocycles. The molecule has 174 valence electrons. The van der Waals surface area contributed by atoms with E-state index < -0.39 is 6.04 Å². The highest BCUT2D eigenvalue weighted by Crippen LogP contribution is 2.25. The van der Waals surface area contributed by atoms with Gasteiger partial charge in [-0.25, -0.2) is 0 Å². The summed E-state index contributed by atoms with van der Waals surface area (Å²) in [5, 5.41) is 4.51. The average Bonchev–Trinajstić information content (AvgIpc) is 2.76. The predicted molar refractivity (Wildman–Crippen MR) is 137 cm³/mol. The molecule has 0 aliphatic carbocycles. The van der Waals surface area contributed by atoms with Crippen molar-refractivity contribution in [2.75, 3.05) is 12.3 Å². The van der Waals surface area contributed by atoms with Gasteiger partial charge in [0, 0.05) is 23.9 Å². The number of nitrogens with zero attached hydrogens (tertiary/aromatic N) is 1. The van der Waals surface area contributed by atoms with Crippen LogP contribution in [0.5, 0.6) is 0 Å². The van der Waals surface area contributed by atoms with Gasteiger partial charge in [-0.2, -0.15) is 0 Å². The Hall–Kier alpha value is -1.40. The average molecular weight is 516 g/mol. The molecule has 0 bridgehead atoms. The Labute approximate surface area is 210 Å². The summed E-state index contributed by atoms with van der Waals surface area (Å²) in [5.41, 5.74) is 1.88. The van der Waals surface area contributed by atoms with Crippen molar-refractivity contribution in [3.05, 3.63) is 68.7 Å². The number of carbonyl (C=O) groups excluding carboxylic acids is 2. The Kier molecular flexibility index (Phi) is 11.7. The van der Waals surface area contributed by atoms with Crippen molar-refractivity contribution in [3.63, 3.8) is 0 Å². The van der Waals surface area contributed by atoms with Gasteiger partial charge in [-0.1, -0.05) is 73.3 Å². The second-order valence-electron chi connectivity index (χ2n) is 7.46. The van der Waals surface area contributed by atoms with Crippen molar-refractivity contribution in [1.29, 1.82) is 0 Å². The Balaban J connectivity index is 2.13. The van der Waals surface area contributed by atoms with Gasteiger partial charge in [0.1, 0.15) is 6.04 Å². The lowest BCUT2D eigenvalue weighted by molar-refractivity contribution is -0.139. The molecule has 32 heavy (non-hydrogen) atoms. The Morgan fingerprint density at radius 2 is 1.81 bits per heavy atom. The minimum atomic E-state index is -0.555. The van der Waals surface area contributed by atoms with Gasteiger partial charge in [0.25, 0.3) is 0 Å². The van der Waals surface area contributed by atoms with Crippen LogP contribution in [-0.2, 0) is 21.9 Å². The summed E-state index contributed by atoms with van der Waals surface area (Å²) in [6.45, 7) is 4.87. The lowest BCUT2D eigenvalue weighted by Gasteiger charge is -2.30. The van der Waals surface area contributed by atoms with Crippen molar-refractivity contribution in [2.24, 2.45) is 0 Å². The first-order valence-electron chi connectivity index (χ1n) is 10.7. The molecule has 2 aromatic carbocycles. The first-order valence-corrected chi connectivity index (χ1v) is 13.0. The monoisotopic (exact) mass is 514 g/mol. The van der Waals surface area contributed by atoms with Gasteiger partial charge >= 0.3 is 0 Å². The summed E-state index contributed by atoms with van der Waals surface area (Å²) in [6.07, 6.45) is 2.41. The van der Waals surface area contributed by atoms with Gasteiger partial charge < -0.3 is 10.2 Å². The number of thioether (sulfide) groups is 1. The molecule has 4 nitrogen and oxygen atoms in total. The largest absolute Gasteiger partial charge is 0.354 e. The summed E-state index contributed by atoms with van der Waals surface area (Å²) in [5.74, 6) is 0.689. The first-order chi connectivity index (χ1) is 15.3. The molecule has 0 spiro atoms. The zero-order valence-corrected chi connectivity index (χ0v) is 21.5. The van der Waals surface area contributed by atoms with Crippen LogP contribution in [0.2, 0.25) is 15.1 Å². The van der Waals surface area contributed by atoms with Crippen molar-refractivity contribution in [3.8, 4) is 0 Å². The Bertz CT molecular complexity index is 911. The van der Waals surface area contributed by atoms with Crippen LogP contribution >= 0.6 is 46.6 Å². The molecule has 8 heteroatoms. The van der Waals surface area contributed by atoms with Gasteiger partial charge in [0.05, 0.1) is 15.8 Å². The van der Waals surface area contributed by atoms with E-state index in [4.69, 9.17) is 34.8 Å². The van der Waals surface area contributed by atoms with Crippen molar-refractivity contribution in [2.45, 2.75) is 51.4 Å². The molecule has 0 aliphatic rings. The van der Waals surface area contributed by atoms with Crippen molar-refractivity contribution >= 4 is 58.4 Å². The molecule has 1 atom stereocenters. The highest BCUT2D eigenvalue weighted by molar-refractivity contribution is 7.99. The molecule has 2 aromatic rings.